The van der Waals surface area contributed by atoms with E-state index in [1.165, 1.54) is 6.33 Å². The molecule has 0 atom stereocenters. The van der Waals surface area contributed by atoms with Gasteiger partial charge < -0.3 is 14.2 Å². The highest BCUT2D eigenvalue weighted by atomic mass is 35.5. The van der Waals surface area contributed by atoms with Crippen LogP contribution in [-0.4, -0.2) is 43.5 Å². The molecule has 0 saturated heterocycles. The standard InChI is InChI=1S/C9H13ClN2O3/c1-13-2-3-14-4-5-15-9-6-8(10)11-7-12-9/h6-7H,2-5H2,1H3. The summed E-state index contributed by atoms with van der Waals surface area (Å²) in [7, 11) is 1.63. The van der Waals surface area contributed by atoms with Crippen LogP contribution in [0.3, 0.4) is 0 Å². The molecule has 15 heavy (non-hydrogen) atoms. The molecule has 0 radical (unpaired) electrons. The van der Waals surface area contributed by atoms with E-state index in [9.17, 15) is 0 Å². The average molecular weight is 233 g/mol. The molecule has 84 valence electrons. The normalized spacial score (nSPS) is 10.3. The van der Waals surface area contributed by atoms with E-state index in [1.807, 2.05) is 0 Å². The Morgan fingerprint density at radius 2 is 2.00 bits per heavy atom. The van der Waals surface area contributed by atoms with Gasteiger partial charge in [-0.1, -0.05) is 11.6 Å². The van der Waals surface area contributed by atoms with Gasteiger partial charge in [-0.15, -0.1) is 0 Å². The Bertz CT molecular complexity index is 286. The fraction of sp³-hybridized carbons (Fsp3) is 0.556. The predicted octanol–water partition coefficient (Wildman–Crippen LogP) is 1.17. The lowest BCUT2D eigenvalue weighted by Gasteiger charge is -2.05. The molecule has 1 aromatic rings. The smallest absolute Gasteiger partial charge is 0.217 e. The molecule has 0 aliphatic carbocycles. The van der Waals surface area contributed by atoms with Gasteiger partial charge in [0.2, 0.25) is 5.88 Å². The zero-order valence-electron chi connectivity index (χ0n) is 8.48. The van der Waals surface area contributed by atoms with E-state index in [2.05, 4.69) is 9.97 Å². The van der Waals surface area contributed by atoms with Crippen LogP contribution in [0.4, 0.5) is 0 Å². The molecule has 6 heteroatoms. The first-order chi connectivity index (χ1) is 7.33. The molecule has 0 amide bonds. The van der Waals surface area contributed by atoms with E-state index in [0.29, 0.717) is 37.5 Å². The second-order valence-electron chi connectivity index (χ2n) is 2.63. The summed E-state index contributed by atoms with van der Waals surface area (Å²) in [6.07, 6.45) is 1.35. The summed E-state index contributed by atoms with van der Waals surface area (Å²) in [4.78, 5) is 7.61. The zero-order valence-corrected chi connectivity index (χ0v) is 9.24. The SMILES string of the molecule is COCCOCCOc1cc(Cl)ncn1. The van der Waals surface area contributed by atoms with Crippen molar-refractivity contribution in [2.45, 2.75) is 0 Å². The number of hydrogen-bond acceptors (Lipinski definition) is 5. The van der Waals surface area contributed by atoms with E-state index in [0.717, 1.165) is 0 Å². The topological polar surface area (TPSA) is 53.5 Å². The van der Waals surface area contributed by atoms with Crippen LogP contribution in [0, 0.1) is 0 Å². The lowest BCUT2D eigenvalue weighted by molar-refractivity contribution is 0.0536. The van der Waals surface area contributed by atoms with Gasteiger partial charge in [0, 0.05) is 13.2 Å². The third kappa shape index (κ3) is 5.51. The molecule has 0 aromatic carbocycles. The molecule has 0 bridgehead atoms. The van der Waals surface area contributed by atoms with Crippen LogP contribution in [0.5, 0.6) is 5.88 Å². The van der Waals surface area contributed by atoms with Gasteiger partial charge in [0.1, 0.15) is 18.1 Å². The lowest BCUT2D eigenvalue weighted by Crippen LogP contribution is -2.10. The number of nitrogens with zero attached hydrogens (tertiary/aromatic N) is 2. The van der Waals surface area contributed by atoms with Crippen LogP contribution in [0.2, 0.25) is 5.15 Å². The van der Waals surface area contributed by atoms with E-state index in [1.54, 1.807) is 13.2 Å². The first kappa shape index (κ1) is 12.2. The second kappa shape index (κ2) is 7.39. The summed E-state index contributed by atoms with van der Waals surface area (Å²) in [6.45, 7) is 2.06. The number of hydrogen-bond donors (Lipinski definition) is 0. The highest BCUT2D eigenvalue weighted by Gasteiger charge is 1.96. The summed E-state index contributed by atoms with van der Waals surface area (Å²) in [5.41, 5.74) is 0. The molecule has 0 aliphatic rings. The molecule has 0 saturated carbocycles. The van der Waals surface area contributed by atoms with E-state index in [4.69, 9.17) is 25.8 Å². The van der Waals surface area contributed by atoms with Crippen molar-refractivity contribution < 1.29 is 14.2 Å². The van der Waals surface area contributed by atoms with Gasteiger partial charge in [-0.05, 0) is 0 Å². The molecule has 0 spiro atoms. The van der Waals surface area contributed by atoms with Crippen LogP contribution in [0.25, 0.3) is 0 Å². The molecular weight excluding hydrogens is 220 g/mol. The maximum absolute atomic E-state index is 5.65. The molecule has 0 unspecified atom stereocenters. The van der Waals surface area contributed by atoms with Crippen LogP contribution in [-0.2, 0) is 9.47 Å². The van der Waals surface area contributed by atoms with Gasteiger partial charge in [-0.2, -0.15) is 0 Å². The van der Waals surface area contributed by atoms with Crippen LogP contribution in [0.15, 0.2) is 12.4 Å². The number of methoxy groups -OCH3 is 1. The first-order valence-corrected chi connectivity index (χ1v) is 4.87. The summed E-state index contributed by atoms with van der Waals surface area (Å²) < 4.78 is 15.3. The van der Waals surface area contributed by atoms with Crippen molar-refractivity contribution >= 4 is 11.6 Å². The minimum absolute atomic E-state index is 0.361. The third-order valence-electron chi connectivity index (χ3n) is 1.52. The Hall–Kier alpha value is -0.910. The molecule has 0 N–H and O–H groups in total. The number of ether oxygens (including phenoxy) is 3. The average Bonchev–Trinajstić information content (AvgIpc) is 2.23. The van der Waals surface area contributed by atoms with Crippen molar-refractivity contribution in [3.63, 3.8) is 0 Å². The number of rotatable bonds is 7. The van der Waals surface area contributed by atoms with Gasteiger partial charge >= 0.3 is 0 Å². The highest BCUT2D eigenvalue weighted by Crippen LogP contribution is 2.10. The maximum Gasteiger partial charge on any atom is 0.217 e. The monoisotopic (exact) mass is 232 g/mol. The van der Waals surface area contributed by atoms with Crippen molar-refractivity contribution in [2.75, 3.05) is 33.5 Å². The Labute approximate surface area is 93.3 Å². The van der Waals surface area contributed by atoms with Gasteiger partial charge in [0.25, 0.3) is 0 Å². The number of aromatic nitrogens is 2. The summed E-state index contributed by atoms with van der Waals surface area (Å²) >= 11 is 5.65. The minimum atomic E-state index is 0.361. The molecule has 0 fully saturated rings. The Kier molecular flexibility index (Phi) is 5.99. The minimum Gasteiger partial charge on any atom is -0.475 e. The van der Waals surface area contributed by atoms with Gasteiger partial charge in [0.05, 0.1) is 19.8 Å². The van der Waals surface area contributed by atoms with Crippen LogP contribution < -0.4 is 4.74 Å². The molecule has 0 aliphatic heterocycles. The second-order valence-corrected chi connectivity index (χ2v) is 3.02. The van der Waals surface area contributed by atoms with Gasteiger partial charge in [-0.25, -0.2) is 9.97 Å². The van der Waals surface area contributed by atoms with Crippen molar-refractivity contribution in [2.24, 2.45) is 0 Å². The Balaban J connectivity index is 2.10. The number of halogens is 1. The van der Waals surface area contributed by atoms with E-state index in [-0.39, 0.29) is 0 Å². The van der Waals surface area contributed by atoms with Crippen molar-refractivity contribution in [1.29, 1.82) is 0 Å². The van der Waals surface area contributed by atoms with Crippen LogP contribution >= 0.6 is 11.6 Å². The molecule has 1 aromatic heterocycles. The summed E-state index contributed by atoms with van der Waals surface area (Å²) in [5, 5.41) is 0.361. The summed E-state index contributed by atoms with van der Waals surface area (Å²) in [6, 6.07) is 1.55. The molecular formula is C9H13ClN2O3. The van der Waals surface area contributed by atoms with Crippen molar-refractivity contribution in [1.82, 2.24) is 9.97 Å². The molecule has 5 nitrogen and oxygen atoms in total. The van der Waals surface area contributed by atoms with Gasteiger partial charge in [0.15, 0.2) is 0 Å². The molecule has 1 rings (SSSR count). The Morgan fingerprint density at radius 1 is 1.20 bits per heavy atom. The largest absolute Gasteiger partial charge is 0.475 e. The predicted molar refractivity (Wildman–Crippen MR) is 55.2 cm³/mol. The van der Waals surface area contributed by atoms with Crippen molar-refractivity contribution in [3.05, 3.63) is 17.5 Å². The highest BCUT2D eigenvalue weighted by molar-refractivity contribution is 6.29. The Morgan fingerprint density at radius 3 is 2.73 bits per heavy atom. The lowest BCUT2D eigenvalue weighted by atomic mass is 10.6. The van der Waals surface area contributed by atoms with Gasteiger partial charge in [-0.3, -0.25) is 0 Å². The summed E-state index contributed by atoms with van der Waals surface area (Å²) in [5.74, 6) is 0.449. The van der Waals surface area contributed by atoms with E-state index >= 15 is 0 Å². The zero-order chi connectivity index (χ0) is 10.9. The quantitative estimate of drug-likeness (QED) is 0.522. The maximum atomic E-state index is 5.65. The third-order valence-corrected chi connectivity index (χ3v) is 1.72. The molecule has 1 heterocycles. The van der Waals surface area contributed by atoms with E-state index < -0.39 is 0 Å². The fourth-order valence-electron chi connectivity index (χ4n) is 0.846. The van der Waals surface area contributed by atoms with Crippen LogP contribution in [0.1, 0.15) is 0 Å². The first-order valence-electron chi connectivity index (χ1n) is 4.50. The van der Waals surface area contributed by atoms with Crippen molar-refractivity contribution in [3.8, 4) is 5.88 Å². The fourth-order valence-corrected chi connectivity index (χ4v) is 0.983.